The maximum Gasteiger partial charge on any atom is 0.270 e. The molecule has 0 radical (unpaired) electrons. The molecule has 0 aliphatic carbocycles. The van der Waals surface area contributed by atoms with E-state index >= 15 is 0 Å². The minimum absolute atomic E-state index is 0.167. The molecule has 1 aliphatic heterocycles. The number of rotatable bonds is 4. The van der Waals surface area contributed by atoms with Crippen molar-refractivity contribution in [2.24, 2.45) is 0 Å². The lowest BCUT2D eigenvalue weighted by atomic mass is 10.2. The second-order valence-corrected chi connectivity index (χ2v) is 7.25. The Hall–Kier alpha value is -2.02. The molecular weight excluding hydrogens is 378 g/mol. The van der Waals surface area contributed by atoms with Gasteiger partial charge in [-0.2, -0.15) is 0 Å². The topological polar surface area (TPSA) is 38.8 Å². The number of carbonyl (C=O) groups is 1. The van der Waals surface area contributed by atoms with Gasteiger partial charge in [-0.15, -0.1) is 0 Å². The molecule has 1 saturated heterocycles. The molecule has 0 atom stereocenters. The molecule has 7 heteroatoms. The molecule has 0 aromatic heterocycles. The van der Waals surface area contributed by atoms with Crippen LogP contribution >= 0.6 is 35.6 Å². The zero-order chi connectivity index (χ0) is 18.0. The number of amides is 1. The van der Waals surface area contributed by atoms with Crippen molar-refractivity contribution >= 4 is 57.6 Å². The van der Waals surface area contributed by atoms with Crippen molar-refractivity contribution in [2.75, 3.05) is 19.1 Å². The molecule has 3 rings (SSSR count). The molecule has 1 amide bonds. The highest BCUT2D eigenvalue weighted by Crippen LogP contribution is 2.37. The number of benzene rings is 2. The maximum atomic E-state index is 12.8. The SMILES string of the molecule is COc1cc(/C=C2\SC(=S)N(c3ccc(Cl)cc3)C2=O)cc(OC)c1. The van der Waals surface area contributed by atoms with E-state index < -0.39 is 0 Å². The zero-order valence-electron chi connectivity index (χ0n) is 13.5. The highest BCUT2D eigenvalue weighted by molar-refractivity contribution is 8.27. The third-order valence-corrected chi connectivity index (χ3v) is 5.10. The summed E-state index contributed by atoms with van der Waals surface area (Å²) in [4.78, 5) is 14.8. The molecule has 2 aromatic carbocycles. The van der Waals surface area contributed by atoms with Gasteiger partial charge in [0.2, 0.25) is 0 Å². The molecule has 0 spiro atoms. The molecular formula is C18H14ClNO3S2. The van der Waals surface area contributed by atoms with Gasteiger partial charge in [-0.3, -0.25) is 9.69 Å². The van der Waals surface area contributed by atoms with Crippen molar-refractivity contribution < 1.29 is 14.3 Å². The molecule has 0 saturated carbocycles. The Labute approximate surface area is 160 Å². The summed E-state index contributed by atoms with van der Waals surface area (Å²) >= 11 is 12.5. The van der Waals surface area contributed by atoms with Crippen LogP contribution in [0.15, 0.2) is 47.4 Å². The lowest BCUT2D eigenvalue weighted by Crippen LogP contribution is -2.27. The standard InChI is InChI=1S/C18H14ClNO3S2/c1-22-14-7-11(8-15(10-14)23-2)9-16-17(21)20(18(24)25-16)13-5-3-12(19)4-6-13/h3-10H,1-2H3/b16-9-. The molecule has 0 N–H and O–H groups in total. The normalized spacial score (nSPS) is 15.8. The first kappa shape index (κ1) is 17.8. The Morgan fingerprint density at radius 2 is 1.68 bits per heavy atom. The molecule has 0 bridgehead atoms. The lowest BCUT2D eigenvalue weighted by Gasteiger charge is -2.14. The van der Waals surface area contributed by atoms with Gasteiger partial charge in [0.25, 0.3) is 5.91 Å². The molecule has 1 aliphatic rings. The van der Waals surface area contributed by atoms with E-state index in [1.807, 2.05) is 12.1 Å². The minimum Gasteiger partial charge on any atom is -0.497 e. The summed E-state index contributed by atoms with van der Waals surface area (Å²) in [5.41, 5.74) is 1.49. The van der Waals surface area contributed by atoms with Gasteiger partial charge in [-0.25, -0.2) is 0 Å². The average Bonchev–Trinajstić information content (AvgIpc) is 2.89. The van der Waals surface area contributed by atoms with Gasteiger partial charge in [0.05, 0.1) is 24.8 Å². The Balaban J connectivity index is 1.94. The number of anilines is 1. The van der Waals surface area contributed by atoms with Crippen molar-refractivity contribution in [3.63, 3.8) is 0 Å². The summed E-state index contributed by atoms with van der Waals surface area (Å²) in [6, 6.07) is 12.4. The number of methoxy groups -OCH3 is 2. The quantitative estimate of drug-likeness (QED) is 0.554. The Bertz CT molecular complexity index is 843. The van der Waals surface area contributed by atoms with E-state index in [0.29, 0.717) is 31.4 Å². The van der Waals surface area contributed by atoms with E-state index in [1.165, 1.54) is 16.7 Å². The minimum atomic E-state index is -0.167. The van der Waals surface area contributed by atoms with Crippen LogP contribution < -0.4 is 14.4 Å². The molecule has 128 valence electrons. The fourth-order valence-electron chi connectivity index (χ4n) is 2.34. The number of thiocarbonyl (C=S) groups is 1. The largest absolute Gasteiger partial charge is 0.497 e. The summed E-state index contributed by atoms with van der Waals surface area (Å²) < 4.78 is 11.0. The summed E-state index contributed by atoms with van der Waals surface area (Å²) in [6.45, 7) is 0. The number of hydrogen-bond donors (Lipinski definition) is 0. The van der Waals surface area contributed by atoms with Gasteiger partial charge >= 0.3 is 0 Å². The van der Waals surface area contributed by atoms with Crippen molar-refractivity contribution in [3.8, 4) is 11.5 Å². The van der Waals surface area contributed by atoms with Gasteiger partial charge in [0, 0.05) is 11.1 Å². The fourth-order valence-corrected chi connectivity index (χ4v) is 3.77. The second-order valence-electron chi connectivity index (χ2n) is 5.14. The summed E-state index contributed by atoms with van der Waals surface area (Å²) in [6.07, 6.45) is 1.78. The number of hydrogen-bond acceptors (Lipinski definition) is 5. The van der Waals surface area contributed by atoms with Crippen LogP contribution in [0.2, 0.25) is 5.02 Å². The van der Waals surface area contributed by atoms with Gasteiger partial charge in [0.15, 0.2) is 4.32 Å². The number of nitrogens with zero attached hydrogens (tertiary/aromatic N) is 1. The first-order valence-corrected chi connectivity index (χ1v) is 8.88. The van der Waals surface area contributed by atoms with Gasteiger partial charge < -0.3 is 9.47 Å². The molecule has 1 heterocycles. The van der Waals surface area contributed by atoms with Crippen molar-refractivity contribution in [1.29, 1.82) is 0 Å². The van der Waals surface area contributed by atoms with Gasteiger partial charge in [-0.05, 0) is 48.0 Å². The molecule has 2 aromatic rings. The van der Waals surface area contributed by atoms with Crippen molar-refractivity contribution in [2.45, 2.75) is 0 Å². The predicted molar refractivity (Wildman–Crippen MR) is 107 cm³/mol. The van der Waals surface area contributed by atoms with Crippen molar-refractivity contribution in [1.82, 2.24) is 0 Å². The molecule has 0 unspecified atom stereocenters. The smallest absolute Gasteiger partial charge is 0.270 e. The lowest BCUT2D eigenvalue weighted by molar-refractivity contribution is -0.113. The maximum absolute atomic E-state index is 12.8. The van der Waals surface area contributed by atoms with E-state index in [4.69, 9.17) is 33.3 Å². The summed E-state index contributed by atoms with van der Waals surface area (Å²) in [5.74, 6) is 1.14. The van der Waals surface area contributed by atoms with Crippen LogP contribution in [0.25, 0.3) is 6.08 Å². The second kappa shape index (κ2) is 7.47. The number of ether oxygens (including phenoxy) is 2. The highest BCUT2D eigenvalue weighted by atomic mass is 35.5. The monoisotopic (exact) mass is 391 g/mol. The van der Waals surface area contributed by atoms with E-state index in [0.717, 1.165) is 5.56 Å². The van der Waals surface area contributed by atoms with Crippen molar-refractivity contribution in [3.05, 3.63) is 58.0 Å². The van der Waals surface area contributed by atoms with Crippen LogP contribution in [0.5, 0.6) is 11.5 Å². The molecule has 4 nitrogen and oxygen atoms in total. The van der Waals surface area contributed by atoms with E-state index in [1.54, 1.807) is 50.6 Å². The summed E-state index contributed by atoms with van der Waals surface area (Å²) in [7, 11) is 3.16. The third kappa shape index (κ3) is 3.81. The van der Waals surface area contributed by atoms with E-state index in [9.17, 15) is 4.79 Å². The number of carbonyl (C=O) groups excluding carboxylic acids is 1. The van der Waals surface area contributed by atoms with Gasteiger partial charge in [-0.1, -0.05) is 35.6 Å². The Morgan fingerprint density at radius 1 is 1.08 bits per heavy atom. The van der Waals surface area contributed by atoms with E-state index in [-0.39, 0.29) is 5.91 Å². The molecule has 1 fully saturated rings. The third-order valence-electron chi connectivity index (χ3n) is 3.55. The zero-order valence-corrected chi connectivity index (χ0v) is 15.9. The van der Waals surface area contributed by atoms with Crippen LogP contribution in [-0.2, 0) is 4.79 Å². The van der Waals surface area contributed by atoms with Crippen LogP contribution in [0.3, 0.4) is 0 Å². The number of thioether (sulfide) groups is 1. The van der Waals surface area contributed by atoms with Crippen LogP contribution in [0, 0.1) is 0 Å². The first-order chi connectivity index (χ1) is 12.0. The Kier molecular flexibility index (Phi) is 5.32. The van der Waals surface area contributed by atoms with Crippen LogP contribution in [0.4, 0.5) is 5.69 Å². The predicted octanol–water partition coefficient (Wildman–Crippen LogP) is 4.76. The Morgan fingerprint density at radius 3 is 2.24 bits per heavy atom. The average molecular weight is 392 g/mol. The highest BCUT2D eigenvalue weighted by Gasteiger charge is 2.33. The summed E-state index contributed by atoms with van der Waals surface area (Å²) in [5, 5.41) is 0.605. The van der Waals surface area contributed by atoms with E-state index in [2.05, 4.69) is 0 Å². The fraction of sp³-hybridized carbons (Fsp3) is 0.111. The molecule has 25 heavy (non-hydrogen) atoms. The van der Waals surface area contributed by atoms with Crippen LogP contribution in [0.1, 0.15) is 5.56 Å². The first-order valence-electron chi connectivity index (χ1n) is 7.28. The van der Waals surface area contributed by atoms with Gasteiger partial charge in [0.1, 0.15) is 11.5 Å². The number of halogens is 1. The van der Waals surface area contributed by atoms with Crippen LogP contribution in [-0.4, -0.2) is 24.4 Å².